The second-order valence-corrected chi connectivity index (χ2v) is 5.90. The Balaban J connectivity index is 1.74. The van der Waals surface area contributed by atoms with Crippen LogP contribution in [0.25, 0.3) is 0 Å². The van der Waals surface area contributed by atoms with E-state index in [2.05, 4.69) is 10.3 Å². The summed E-state index contributed by atoms with van der Waals surface area (Å²) in [6.07, 6.45) is 10.5. The Morgan fingerprint density at radius 2 is 2.24 bits per heavy atom. The first-order chi connectivity index (χ1) is 10.2. The Morgan fingerprint density at radius 1 is 1.43 bits per heavy atom. The van der Waals surface area contributed by atoms with Crippen molar-refractivity contribution in [2.75, 3.05) is 6.54 Å². The third-order valence-electron chi connectivity index (χ3n) is 4.44. The molecule has 21 heavy (non-hydrogen) atoms. The SMILES string of the molecule is CCc1cnccc1C(=O)NCCCC1CCCCC1O. The summed E-state index contributed by atoms with van der Waals surface area (Å²) in [6.45, 7) is 2.70. The monoisotopic (exact) mass is 290 g/mol. The minimum atomic E-state index is -0.138. The summed E-state index contributed by atoms with van der Waals surface area (Å²) in [6, 6.07) is 1.78. The van der Waals surface area contributed by atoms with Gasteiger partial charge in [0.15, 0.2) is 0 Å². The van der Waals surface area contributed by atoms with Crippen LogP contribution in [0.15, 0.2) is 18.5 Å². The molecule has 0 aromatic carbocycles. The van der Waals surface area contributed by atoms with E-state index in [9.17, 15) is 9.90 Å². The number of aryl methyl sites for hydroxylation is 1. The molecule has 1 aliphatic rings. The van der Waals surface area contributed by atoms with Crippen molar-refractivity contribution < 1.29 is 9.90 Å². The highest BCUT2D eigenvalue weighted by atomic mass is 16.3. The van der Waals surface area contributed by atoms with E-state index in [1.165, 1.54) is 6.42 Å². The molecule has 4 nitrogen and oxygen atoms in total. The Kier molecular flexibility index (Phi) is 6.18. The van der Waals surface area contributed by atoms with Crippen molar-refractivity contribution in [1.82, 2.24) is 10.3 Å². The lowest BCUT2D eigenvalue weighted by Gasteiger charge is -2.27. The molecule has 0 spiro atoms. The van der Waals surface area contributed by atoms with Crippen LogP contribution in [0.1, 0.15) is 61.4 Å². The molecule has 1 fully saturated rings. The highest BCUT2D eigenvalue weighted by Crippen LogP contribution is 2.27. The fourth-order valence-electron chi connectivity index (χ4n) is 3.12. The van der Waals surface area contributed by atoms with Crippen LogP contribution in [-0.2, 0) is 6.42 Å². The van der Waals surface area contributed by atoms with Crippen LogP contribution in [0, 0.1) is 5.92 Å². The number of hydrogen-bond donors (Lipinski definition) is 2. The topological polar surface area (TPSA) is 62.2 Å². The van der Waals surface area contributed by atoms with Crippen molar-refractivity contribution in [2.24, 2.45) is 5.92 Å². The number of amides is 1. The maximum absolute atomic E-state index is 12.2. The van der Waals surface area contributed by atoms with E-state index < -0.39 is 0 Å². The smallest absolute Gasteiger partial charge is 0.251 e. The van der Waals surface area contributed by atoms with Crippen molar-refractivity contribution in [3.63, 3.8) is 0 Å². The second kappa shape index (κ2) is 8.13. The molecule has 0 aliphatic heterocycles. The zero-order valence-corrected chi connectivity index (χ0v) is 12.8. The van der Waals surface area contributed by atoms with Crippen molar-refractivity contribution in [3.05, 3.63) is 29.6 Å². The van der Waals surface area contributed by atoms with Crippen LogP contribution in [-0.4, -0.2) is 28.6 Å². The number of carbonyl (C=O) groups excluding carboxylic acids is 1. The quantitative estimate of drug-likeness (QED) is 0.792. The van der Waals surface area contributed by atoms with E-state index in [0.29, 0.717) is 12.5 Å². The highest BCUT2D eigenvalue weighted by molar-refractivity contribution is 5.95. The number of aliphatic hydroxyl groups is 1. The molecule has 1 saturated carbocycles. The van der Waals surface area contributed by atoms with Crippen LogP contribution < -0.4 is 5.32 Å². The average Bonchev–Trinajstić information content (AvgIpc) is 2.52. The molecule has 116 valence electrons. The Hall–Kier alpha value is -1.42. The summed E-state index contributed by atoms with van der Waals surface area (Å²) < 4.78 is 0. The molecule has 1 amide bonds. The molecule has 1 heterocycles. The van der Waals surface area contributed by atoms with Gasteiger partial charge < -0.3 is 10.4 Å². The molecule has 1 aromatic heterocycles. The van der Waals surface area contributed by atoms with Crippen molar-refractivity contribution in [1.29, 1.82) is 0 Å². The average molecular weight is 290 g/mol. The van der Waals surface area contributed by atoms with Gasteiger partial charge in [0.25, 0.3) is 5.91 Å². The predicted molar refractivity (Wildman–Crippen MR) is 83.1 cm³/mol. The molecule has 0 radical (unpaired) electrons. The lowest BCUT2D eigenvalue weighted by molar-refractivity contribution is 0.0641. The summed E-state index contributed by atoms with van der Waals surface area (Å²) >= 11 is 0. The molecule has 2 atom stereocenters. The minimum Gasteiger partial charge on any atom is -0.393 e. The molecule has 2 unspecified atom stereocenters. The molecule has 0 bridgehead atoms. The number of nitrogens with zero attached hydrogens (tertiary/aromatic N) is 1. The lowest BCUT2D eigenvalue weighted by atomic mass is 9.83. The third kappa shape index (κ3) is 4.53. The van der Waals surface area contributed by atoms with Crippen LogP contribution in [0.3, 0.4) is 0 Å². The van der Waals surface area contributed by atoms with E-state index in [-0.39, 0.29) is 12.0 Å². The number of aromatic nitrogens is 1. The van der Waals surface area contributed by atoms with Gasteiger partial charge in [-0.2, -0.15) is 0 Å². The van der Waals surface area contributed by atoms with Crippen LogP contribution >= 0.6 is 0 Å². The van der Waals surface area contributed by atoms with Crippen LogP contribution in [0.4, 0.5) is 0 Å². The first-order valence-corrected chi connectivity index (χ1v) is 8.11. The number of aliphatic hydroxyl groups excluding tert-OH is 1. The fourth-order valence-corrected chi connectivity index (χ4v) is 3.12. The van der Waals surface area contributed by atoms with E-state index >= 15 is 0 Å². The normalized spacial score (nSPS) is 22.0. The highest BCUT2D eigenvalue weighted by Gasteiger charge is 2.22. The third-order valence-corrected chi connectivity index (χ3v) is 4.44. The first-order valence-electron chi connectivity index (χ1n) is 8.11. The van der Waals surface area contributed by atoms with E-state index in [0.717, 1.165) is 49.7 Å². The van der Waals surface area contributed by atoms with Gasteiger partial charge in [0.1, 0.15) is 0 Å². The molecular formula is C17H26N2O2. The van der Waals surface area contributed by atoms with Gasteiger partial charge in [-0.05, 0) is 49.7 Å². The van der Waals surface area contributed by atoms with Gasteiger partial charge in [0.2, 0.25) is 0 Å². The standard InChI is InChI=1S/C17H26N2O2/c1-2-13-12-18-11-9-15(13)17(21)19-10-5-7-14-6-3-4-8-16(14)20/h9,11-12,14,16,20H,2-8,10H2,1H3,(H,19,21). The summed E-state index contributed by atoms with van der Waals surface area (Å²) in [5, 5.41) is 12.9. The number of nitrogens with one attached hydrogen (secondary N) is 1. The largest absolute Gasteiger partial charge is 0.393 e. The molecular weight excluding hydrogens is 264 g/mol. The molecule has 1 aliphatic carbocycles. The zero-order valence-electron chi connectivity index (χ0n) is 12.8. The second-order valence-electron chi connectivity index (χ2n) is 5.90. The number of hydrogen-bond acceptors (Lipinski definition) is 3. The summed E-state index contributed by atoms with van der Waals surface area (Å²) in [5.41, 5.74) is 1.71. The van der Waals surface area contributed by atoms with Crippen LogP contribution in [0.5, 0.6) is 0 Å². The van der Waals surface area contributed by atoms with Gasteiger partial charge in [-0.15, -0.1) is 0 Å². The van der Waals surface area contributed by atoms with E-state index in [4.69, 9.17) is 0 Å². The Morgan fingerprint density at radius 3 is 3.00 bits per heavy atom. The van der Waals surface area contributed by atoms with Crippen molar-refractivity contribution in [3.8, 4) is 0 Å². The van der Waals surface area contributed by atoms with Gasteiger partial charge in [-0.3, -0.25) is 9.78 Å². The molecule has 4 heteroatoms. The van der Waals surface area contributed by atoms with Gasteiger partial charge in [0.05, 0.1) is 6.10 Å². The predicted octanol–water partition coefficient (Wildman–Crippen LogP) is 2.71. The minimum absolute atomic E-state index is 0.0153. The zero-order chi connectivity index (χ0) is 15.1. The van der Waals surface area contributed by atoms with Gasteiger partial charge in [-0.25, -0.2) is 0 Å². The Bertz CT molecular complexity index is 462. The van der Waals surface area contributed by atoms with Gasteiger partial charge in [-0.1, -0.05) is 19.8 Å². The maximum Gasteiger partial charge on any atom is 0.251 e. The lowest BCUT2D eigenvalue weighted by Crippen LogP contribution is -2.28. The Labute approximate surface area is 127 Å². The molecule has 2 N–H and O–H groups in total. The first kappa shape index (κ1) is 16.0. The van der Waals surface area contributed by atoms with Gasteiger partial charge in [0, 0.05) is 24.5 Å². The summed E-state index contributed by atoms with van der Waals surface area (Å²) in [5.74, 6) is 0.404. The van der Waals surface area contributed by atoms with E-state index in [1.54, 1.807) is 18.5 Å². The van der Waals surface area contributed by atoms with Crippen LogP contribution in [0.2, 0.25) is 0 Å². The number of carbonyl (C=O) groups is 1. The number of pyridine rings is 1. The fraction of sp³-hybridized carbons (Fsp3) is 0.647. The summed E-state index contributed by atoms with van der Waals surface area (Å²) in [4.78, 5) is 16.2. The molecule has 2 rings (SSSR count). The molecule has 0 saturated heterocycles. The maximum atomic E-state index is 12.2. The van der Waals surface area contributed by atoms with Gasteiger partial charge >= 0.3 is 0 Å². The number of rotatable bonds is 6. The molecule has 1 aromatic rings. The van der Waals surface area contributed by atoms with Crippen molar-refractivity contribution >= 4 is 5.91 Å². The van der Waals surface area contributed by atoms with E-state index in [1.807, 2.05) is 6.92 Å². The van der Waals surface area contributed by atoms with Crippen molar-refractivity contribution in [2.45, 2.75) is 58.0 Å². The summed E-state index contributed by atoms with van der Waals surface area (Å²) in [7, 11) is 0.